The smallest absolute Gasteiger partial charge is 0.246 e. The molecule has 4 nitrogen and oxygen atoms in total. The molecule has 1 heterocycles. The number of rotatable bonds is 2. The van der Waals surface area contributed by atoms with E-state index in [2.05, 4.69) is 15.9 Å². The molecular formula is C15H17BrN2O2. The molecule has 2 rings (SSSR count). The molecule has 0 bridgehead atoms. The average Bonchev–Trinajstić information content (AvgIpc) is 2.45. The monoisotopic (exact) mass is 336 g/mol. The summed E-state index contributed by atoms with van der Waals surface area (Å²) >= 11 is 3.40. The van der Waals surface area contributed by atoms with Gasteiger partial charge in [-0.15, -0.1) is 0 Å². The van der Waals surface area contributed by atoms with Crippen LogP contribution in [0, 0.1) is 0 Å². The second-order valence-electron chi connectivity index (χ2n) is 4.72. The normalized spacial score (nSPS) is 15.7. The zero-order chi connectivity index (χ0) is 14.5. The van der Waals surface area contributed by atoms with E-state index in [4.69, 9.17) is 0 Å². The minimum absolute atomic E-state index is 0.00632. The van der Waals surface area contributed by atoms with Crippen LogP contribution in [0.4, 0.5) is 0 Å². The van der Waals surface area contributed by atoms with Crippen LogP contribution in [-0.4, -0.2) is 47.8 Å². The summed E-state index contributed by atoms with van der Waals surface area (Å²) in [6.07, 6.45) is 3.40. The lowest BCUT2D eigenvalue weighted by molar-refractivity contribution is -0.135. The van der Waals surface area contributed by atoms with E-state index in [1.54, 1.807) is 22.8 Å². The van der Waals surface area contributed by atoms with Crippen LogP contribution in [0.2, 0.25) is 0 Å². The number of hydrogen-bond acceptors (Lipinski definition) is 2. The second-order valence-corrected chi connectivity index (χ2v) is 5.64. The standard InChI is InChI=1S/C15H17BrN2O2/c1-12(19)17-7-9-18(10-8-17)15(20)6-5-13-3-2-4-14(16)11-13/h2-6,11H,7-10H2,1H3/b6-5+. The Morgan fingerprint density at radius 1 is 1.15 bits per heavy atom. The highest BCUT2D eigenvalue weighted by molar-refractivity contribution is 9.10. The molecule has 0 aliphatic carbocycles. The number of hydrogen-bond donors (Lipinski definition) is 0. The molecule has 0 N–H and O–H groups in total. The molecule has 1 saturated heterocycles. The first-order chi connectivity index (χ1) is 9.56. The lowest BCUT2D eigenvalue weighted by Crippen LogP contribution is -2.49. The maximum absolute atomic E-state index is 12.1. The summed E-state index contributed by atoms with van der Waals surface area (Å²) in [6.45, 7) is 3.99. The molecule has 0 spiro atoms. The molecule has 0 unspecified atom stereocenters. The van der Waals surface area contributed by atoms with Crippen LogP contribution in [0.15, 0.2) is 34.8 Å². The van der Waals surface area contributed by atoms with E-state index in [9.17, 15) is 9.59 Å². The fraction of sp³-hybridized carbons (Fsp3) is 0.333. The highest BCUT2D eigenvalue weighted by Crippen LogP contribution is 2.13. The van der Waals surface area contributed by atoms with Gasteiger partial charge in [0.15, 0.2) is 0 Å². The van der Waals surface area contributed by atoms with Gasteiger partial charge in [-0.3, -0.25) is 9.59 Å². The number of amides is 2. The third kappa shape index (κ3) is 3.93. The Balaban J connectivity index is 1.91. The van der Waals surface area contributed by atoms with E-state index >= 15 is 0 Å². The first-order valence-corrected chi connectivity index (χ1v) is 7.33. The molecule has 20 heavy (non-hydrogen) atoms. The summed E-state index contributed by atoms with van der Waals surface area (Å²) in [5.74, 6) is 0.0648. The molecule has 2 amide bonds. The Morgan fingerprint density at radius 3 is 2.40 bits per heavy atom. The Bertz CT molecular complexity index is 534. The molecule has 1 aromatic rings. The van der Waals surface area contributed by atoms with Crippen molar-refractivity contribution in [2.24, 2.45) is 0 Å². The summed E-state index contributed by atoms with van der Waals surface area (Å²) in [5.41, 5.74) is 0.982. The Morgan fingerprint density at radius 2 is 1.80 bits per heavy atom. The van der Waals surface area contributed by atoms with Gasteiger partial charge in [-0.1, -0.05) is 28.1 Å². The summed E-state index contributed by atoms with van der Waals surface area (Å²) in [6, 6.07) is 7.78. The number of carbonyl (C=O) groups is 2. The van der Waals surface area contributed by atoms with Crippen LogP contribution >= 0.6 is 15.9 Å². The van der Waals surface area contributed by atoms with Gasteiger partial charge in [0.05, 0.1) is 0 Å². The average molecular weight is 337 g/mol. The van der Waals surface area contributed by atoms with Gasteiger partial charge in [0.2, 0.25) is 11.8 Å². The molecular weight excluding hydrogens is 320 g/mol. The van der Waals surface area contributed by atoms with E-state index in [0.29, 0.717) is 26.2 Å². The lowest BCUT2D eigenvalue weighted by atomic mass is 10.2. The van der Waals surface area contributed by atoms with Crippen LogP contribution in [0.25, 0.3) is 6.08 Å². The van der Waals surface area contributed by atoms with Gasteiger partial charge in [-0.25, -0.2) is 0 Å². The maximum atomic E-state index is 12.1. The lowest BCUT2D eigenvalue weighted by Gasteiger charge is -2.33. The van der Waals surface area contributed by atoms with E-state index in [1.807, 2.05) is 30.3 Å². The molecule has 0 aromatic heterocycles. The highest BCUT2D eigenvalue weighted by Gasteiger charge is 2.20. The molecule has 1 aliphatic heterocycles. The number of carbonyl (C=O) groups excluding carboxylic acids is 2. The Kier molecular flexibility index (Phi) is 4.95. The van der Waals surface area contributed by atoms with Gasteiger partial charge in [0.1, 0.15) is 0 Å². The fourth-order valence-corrected chi connectivity index (χ4v) is 2.54. The quantitative estimate of drug-likeness (QED) is 0.776. The number of piperazine rings is 1. The van der Waals surface area contributed by atoms with E-state index in [1.165, 1.54) is 0 Å². The molecule has 0 radical (unpaired) electrons. The first-order valence-electron chi connectivity index (χ1n) is 6.54. The van der Waals surface area contributed by atoms with Crippen LogP contribution in [0.5, 0.6) is 0 Å². The molecule has 106 valence electrons. The van der Waals surface area contributed by atoms with Crippen LogP contribution in [0.3, 0.4) is 0 Å². The summed E-state index contributed by atoms with van der Waals surface area (Å²) < 4.78 is 0.988. The number of halogens is 1. The molecule has 1 aliphatic rings. The minimum Gasteiger partial charge on any atom is -0.339 e. The van der Waals surface area contributed by atoms with Crippen molar-refractivity contribution in [2.45, 2.75) is 6.92 Å². The van der Waals surface area contributed by atoms with Crippen LogP contribution in [-0.2, 0) is 9.59 Å². The van der Waals surface area contributed by atoms with Crippen molar-refractivity contribution in [1.82, 2.24) is 9.80 Å². The number of benzene rings is 1. The van der Waals surface area contributed by atoms with Crippen LogP contribution in [0.1, 0.15) is 12.5 Å². The highest BCUT2D eigenvalue weighted by atomic mass is 79.9. The molecule has 5 heteroatoms. The minimum atomic E-state index is -0.00632. The maximum Gasteiger partial charge on any atom is 0.246 e. The zero-order valence-corrected chi connectivity index (χ0v) is 13.0. The predicted octanol–water partition coefficient (Wildman–Crippen LogP) is 2.15. The van der Waals surface area contributed by atoms with Crippen molar-refractivity contribution in [3.63, 3.8) is 0 Å². The fourth-order valence-electron chi connectivity index (χ4n) is 2.12. The zero-order valence-electron chi connectivity index (χ0n) is 11.4. The Labute approximate surface area is 127 Å². The number of nitrogens with zero attached hydrogens (tertiary/aromatic N) is 2. The predicted molar refractivity (Wildman–Crippen MR) is 82.0 cm³/mol. The second kappa shape index (κ2) is 6.70. The van der Waals surface area contributed by atoms with Crippen molar-refractivity contribution in [3.05, 3.63) is 40.4 Å². The topological polar surface area (TPSA) is 40.6 Å². The Hall–Kier alpha value is -1.62. The van der Waals surface area contributed by atoms with Crippen LogP contribution < -0.4 is 0 Å². The van der Waals surface area contributed by atoms with Crippen molar-refractivity contribution in [3.8, 4) is 0 Å². The van der Waals surface area contributed by atoms with Crippen molar-refractivity contribution in [2.75, 3.05) is 26.2 Å². The largest absolute Gasteiger partial charge is 0.339 e. The van der Waals surface area contributed by atoms with Crippen molar-refractivity contribution in [1.29, 1.82) is 0 Å². The van der Waals surface area contributed by atoms with Gasteiger partial charge in [0, 0.05) is 43.7 Å². The van der Waals surface area contributed by atoms with Crippen molar-refractivity contribution >= 4 is 33.8 Å². The third-order valence-electron chi connectivity index (χ3n) is 3.30. The van der Waals surface area contributed by atoms with Gasteiger partial charge in [0.25, 0.3) is 0 Å². The van der Waals surface area contributed by atoms with Gasteiger partial charge in [-0.05, 0) is 23.8 Å². The van der Waals surface area contributed by atoms with Gasteiger partial charge < -0.3 is 9.80 Å². The third-order valence-corrected chi connectivity index (χ3v) is 3.80. The molecule has 1 aromatic carbocycles. The first kappa shape index (κ1) is 14.8. The van der Waals surface area contributed by atoms with Gasteiger partial charge in [-0.2, -0.15) is 0 Å². The summed E-state index contributed by atoms with van der Waals surface area (Å²) in [7, 11) is 0. The summed E-state index contributed by atoms with van der Waals surface area (Å²) in [5, 5.41) is 0. The summed E-state index contributed by atoms with van der Waals surface area (Å²) in [4.78, 5) is 26.8. The molecule has 0 saturated carbocycles. The SMILES string of the molecule is CC(=O)N1CCN(C(=O)/C=C/c2cccc(Br)c2)CC1. The van der Waals surface area contributed by atoms with Crippen molar-refractivity contribution < 1.29 is 9.59 Å². The van der Waals surface area contributed by atoms with E-state index in [-0.39, 0.29) is 11.8 Å². The van der Waals surface area contributed by atoms with E-state index < -0.39 is 0 Å². The van der Waals surface area contributed by atoms with E-state index in [0.717, 1.165) is 10.0 Å². The molecule has 0 atom stereocenters. The van der Waals surface area contributed by atoms with Gasteiger partial charge >= 0.3 is 0 Å². The molecule has 1 fully saturated rings.